The summed E-state index contributed by atoms with van der Waals surface area (Å²) in [4.78, 5) is 0. The molecule has 0 heterocycles. The van der Waals surface area contributed by atoms with Crippen molar-refractivity contribution in [3.63, 3.8) is 0 Å². The zero-order chi connectivity index (χ0) is 10.3. The smallest absolute Gasteiger partial charge is 0.0638 e. The minimum atomic E-state index is -2.16. The van der Waals surface area contributed by atoms with E-state index in [1.807, 2.05) is 20.8 Å². The Labute approximate surface area is 82.5 Å². The van der Waals surface area contributed by atoms with E-state index in [1.165, 1.54) is 0 Å². The van der Waals surface area contributed by atoms with Crippen molar-refractivity contribution in [2.24, 2.45) is 0 Å². The molecule has 0 radical (unpaired) electrons. The van der Waals surface area contributed by atoms with Crippen LogP contribution in [0.15, 0.2) is 0 Å². The summed E-state index contributed by atoms with van der Waals surface area (Å²) in [5, 5.41) is 0. The predicted octanol–water partition coefficient (Wildman–Crippen LogP) is 0.965. The highest BCUT2D eigenvalue weighted by atomic mass is 32.2. The van der Waals surface area contributed by atoms with E-state index in [1.54, 1.807) is 0 Å². The zero-order valence-corrected chi connectivity index (χ0v) is 9.28. The van der Waals surface area contributed by atoms with Gasteiger partial charge in [0.2, 0.25) is 0 Å². The average Bonchev–Trinajstić information content (AvgIpc) is 2.00. The van der Waals surface area contributed by atoms with Gasteiger partial charge in [-0.2, -0.15) is 0 Å². The number of hydrogen-bond acceptors (Lipinski definition) is 3. The molecular formula is C8H18NO3S-. The quantitative estimate of drug-likeness (QED) is 0.634. The minimum absolute atomic E-state index is 0.248. The van der Waals surface area contributed by atoms with Crippen molar-refractivity contribution in [1.82, 2.24) is 4.72 Å². The standard InChI is InChI=1S/C8H19NO3S/c1-4-7-12-8(2,3)5-6-9-13(10)11/h9H,4-7H2,1-3H3,(H,10,11)/p-1. The maximum atomic E-state index is 10.1. The highest BCUT2D eigenvalue weighted by Gasteiger charge is 2.16. The van der Waals surface area contributed by atoms with Gasteiger partial charge in [0.05, 0.1) is 5.60 Å². The molecule has 0 aromatic rings. The zero-order valence-electron chi connectivity index (χ0n) is 8.46. The summed E-state index contributed by atoms with van der Waals surface area (Å²) < 4.78 is 28.1. The molecule has 0 amide bonds. The molecule has 1 unspecified atom stereocenters. The third-order valence-electron chi connectivity index (χ3n) is 1.64. The molecule has 0 saturated carbocycles. The fraction of sp³-hybridized carbons (Fsp3) is 1.00. The van der Waals surface area contributed by atoms with Crippen molar-refractivity contribution in [2.75, 3.05) is 13.2 Å². The molecule has 0 bridgehead atoms. The van der Waals surface area contributed by atoms with Gasteiger partial charge in [0.15, 0.2) is 0 Å². The van der Waals surface area contributed by atoms with Gasteiger partial charge in [0.1, 0.15) is 0 Å². The van der Waals surface area contributed by atoms with Crippen molar-refractivity contribution < 1.29 is 13.5 Å². The number of rotatable bonds is 7. The highest BCUT2D eigenvalue weighted by molar-refractivity contribution is 7.77. The van der Waals surface area contributed by atoms with Gasteiger partial charge >= 0.3 is 0 Å². The van der Waals surface area contributed by atoms with E-state index < -0.39 is 11.3 Å². The molecule has 0 fully saturated rings. The molecule has 0 saturated heterocycles. The Hall–Kier alpha value is 0.0300. The number of hydrogen-bond donors (Lipinski definition) is 1. The molecule has 0 aliphatic carbocycles. The topological polar surface area (TPSA) is 61.4 Å². The van der Waals surface area contributed by atoms with E-state index in [-0.39, 0.29) is 5.60 Å². The molecule has 0 aliphatic rings. The maximum absolute atomic E-state index is 10.1. The van der Waals surface area contributed by atoms with Crippen LogP contribution in [0, 0.1) is 0 Å². The van der Waals surface area contributed by atoms with Gasteiger partial charge in [0, 0.05) is 24.4 Å². The van der Waals surface area contributed by atoms with Crippen LogP contribution < -0.4 is 4.72 Å². The summed E-state index contributed by atoms with van der Waals surface area (Å²) in [5.41, 5.74) is -0.248. The lowest BCUT2D eigenvalue weighted by Crippen LogP contribution is -2.31. The van der Waals surface area contributed by atoms with Crippen LogP contribution in [0.4, 0.5) is 0 Å². The Bertz CT molecular complexity index is 161. The van der Waals surface area contributed by atoms with Crippen molar-refractivity contribution >= 4 is 11.3 Å². The van der Waals surface area contributed by atoms with Crippen LogP contribution in [-0.4, -0.2) is 27.5 Å². The van der Waals surface area contributed by atoms with Crippen molar-refractivity contribution in [3.05, 3.63) is 0 Å². The molecule has 80 valence electrons. The van der Waals surface area contributed by atoms with Gasteiger partial charge in [-0.1, -0.05) is 6.92 Å². The summed E-state index contributed by atoms with van der Waals surface area (Å²) >= 11 is -2.16. The Morgan fingerprint density at radius 2 is 2.15 bits per heavy atom. The Balaban J connectivity index is 3.56. The molecular weight excluding hydrogens is 190 g/mol. The van der Waals surface area contributed by atoms with Crippen LogP contribution in [0.25, 0.3) is 0 Å². The first-order valence-electron chi connectivity index (χ1n) is 4.44. The molecule has 0 aromatic heterocycles. The van der Waals surface area contributed by atoms with E-state index >= 15 is 0 Å². The van der Waals surface area contributed by atoms with Crippen LogP contribution in [-0.2, 0) is 16.0 Å². The Kier molecular flexibility index (Phi) is 6.49. The first-order chi connectivity index (χ1) is 5.98. The molecule has 0 rings (SSSR count). The predicted molar refractivity (Wildman–Crippen MR) is 51.9 cm³/mol. The van der Waals surface area contributed by atoms with E-state index in [2.05, 4.69) is 4.72 Å². The number of nitrogens with one attached hydrogen (secondary N) is 1. The van der Waals surface area contributed by atoms with E-state index in [9.17, 15) is 8.76 Å². The van der Waals surface area contributed by atoms with Crippen LogP contribution in [0.5, 0.6) is 0 Å². The van der Waals surface area contributed by atoms with Crippen molar-refractivity contribution in [1.29, 1.82) is 0 Å². The molecule has 5 heteroatoms. The van der Waals surface area contributed by atoms with Gasteiger partial charge in [-0.25, -0.2) is 4.72 Å². The van der Waals surface area contributed by atoms with Gasteiger partial charge in [-0.3, -0.25) is 4.21 Å². The third kappa shape index (κ3) is 8.36. The van der Waals surface area contributed by atoms with Gasteiger partial charge < -0.3 is 9.29 Å². The maximum Gasteiger partial charge on any atom is 0.0638 e. The van der Waals surface area contributed by atoms with Crippen LogP contribution in [0.3, 0.4) is 0 Å². The SMILES string of the molecule is CCCOC(C)(C)CCNS(=O)[O-]. The Morgan fingerprint density at radius 1 is 1.54 bits per heavy atom. The van der Waals surface area contributed by atoms with E-state index in [0.29, 0.717) is 19.6 Å². The largest absolute Gasteiger partial charge is 0.760 e. The van der Waals surface area contributed by atoms with Crippen molar-refractivity contribution in [2.45, 2.75) is 39.2 Å². The summed E-state index contributed by atoms with van der Waals surface area (Å²) in [6.45, 7) is 7.09. The molecule has 4 nitrogen and oxygen atoms in total. The molecule has 0 spiro atoms. The summed E-state index contributed by atoms with van der Waals surface area (Å²) in [5.74, 6) is 0. The molecule has 0 aliphatic heterocycles. The first kappa shape index (κ1) is 13.0. The lowest BCUT2D eigenvalue weighted by Gasteiger charge is -2.25. The van der Waals surface area contributed by atoms with E-state index in [4.69, 9.17) is 4.74 Å². The number of ether oxygens (including phenoxy) is 1. The fourth-order valence-electron chi connectivity index (χ4n) is 0.886. The second kappa shape index (κ2) is 6.48. The van der Waals surface area contributed by atoms with Crippen LogP contribution >= 0.6 is 0 Å². The third-order valence-corrected chi connectivity index (χ3v) is 2.08. The minimum Gasteiger partial charge on any atom is -0.760 e. The first-order valence-corrected chi connectivity index (χ1v) is 5.52. The highest BCUT2D eigenvalue weighted by Crippen LogP contribution is 2.13. The van der Waals surface area contributed by atoms with Crippen LogP contribution in [0.2, 0.25) is 0 Å². The summed E-state index contributed by atoms with van der Waals surface area (Å²) in [6, 6.07) is 0. The molecule has 13 heavy (non-hydrogen) atoms. The summed E-state index contributed by atoms with van der Waals surface area (Å²) in [7, 11) is 0. The lowest BCUT2D eigenvalue weighted by molar-refractivity contribution is -0.0217. The van der Waals surface area contributed by atoms with E-state index in [0.717, 1.165) is 6.42 Å². The monoisotopic (exact) mass is 208 g/mol. The normalized spacial score (nSPS) is 14.5. The molecule has 0 aromatic carbocycles. The van der Waals surface area contributed by atoms with Gasteiger partial charge in [-0.15, -0.1) is 0 Å². The molecule has 1 atom stereocenters. The van der Waals surface area contributed by atoms with Crippen LogP contribution in [0.1, 0.15) is 33.6 Å². The average molecular weight is 208 g/mol. The Morgan fingerprint density at radius 3 is 2.62 bits per heavy atom. The lowest BCUT2D eigenvalue weighted by atomic mass is 10.1. The van der Waals surface area contributed by atoms with Crippen molar-refractivity contribution in [3.8, 4) is 0 Å². The van der Waals surface area contributed by atoms with Gasteiger partial charge in [-0.05, 0) is 26.7 Å². The van der Waals surface area contributed by atoms with Gasteiger partial charge in [0.25, 0.3) is 0 Å². The second-order valence-electron chi connectivity index (χ2n) is 3.49. The molecule has 1 N–H and O–H groups in total. The fourth-order valence-corrected chi connectivity index (χ4v) is 1.15. The second-order valence-corrected chi connectivity index (χ2v) is 4.25. The summed E-state index contributed by atoms with van der Waals surface area (Å²) in [6.07, 6.45) is 1.66.